The molecule has 1 N–H and O–H groups in total. The third-order valence-electron chi connectivity index (χ3n) is 3.94. The summed E-state index contributed by atoms with van der Waals surface area (Å²) in [6.07, 6.45) is 1.42. The predicted octanol–water partition coefficient (Wildman–Crippen LogP) is 3.13. The molecule has 0 spiro atoms. The number of benzene rings is 2. The Hall–Kier alpha value is -1.80. The van der Waals surface area contributed by atoms with Crippen LogP contribution in [0.4, 0.5) is 0 Å². The Kier molecular flexibility index (Phi) is 3.26. The molecule has 0 radical (unpaired) electrons. The average molecular weight is 254 g/mol. The normalized spacial score (nSPS) is 21.8. The third-order valence-corrected chi connectivity index (χ3v) is 3.94. The van der Waals surface area contributed by atoms with Gasteiger partial charge >= 0.3 is 0 Å². The standard InChI is InChI=1S/C17H18O2/c1-19-14-8-9-15-13(11-14)7-10-16(18)17(15)12-5-3-2-4-6-12/h2-6,8-9,11,16-18H,7,10H2,1H3/t16-,17-/m0/s1. The van der Waals surface area contributed by atoms with Gasteiger partial charge in [0.25, 0.3) is 0 Å². The van der Waals surface area contributed by atoms with Crippen LogP contribution < -0.4 is 4.74 Å². The highest BCUT2D eigenvalue weighted by molar-refractivity contribution is 5.45. The highest BCUT2D eigenvalue weighted by Gasteiger charge is 2.29. The van der Waals surface area contributed by atoms with E-state index in [0.29, 0.717) is 0 Å². The molecule has 0 saturated heterocycles. The minimum Gasteiger partial charge on any atom is -0.497 e. The molecule has 2 atom stereocenters. The van der Waals surface area contributed by atoms with Gasteiger partial charge in [-0.2, -0.15) is 0 Å². The van der Waals surface area contributed by atoms with Gasteiger partial charge in [0.2, 0.25) is 0 Å². The Balaban J connectivity index is 2.07. The Labute approximate surface area is 113 Å². The molecule has 0 amide bonds. The molecule has 0 heterocycles. The molecule has 2 nitrogen and oxygen atoms in total. The van der Waals surface area contributed by atoms with Gasteiger partial charge in [-0.05, 0) is 41.7 Å². The molecule has 0 unspecified atom stereocenters. The maximum atomic E-state index is 10.4. The Bertz CT molecular complexity index is 563. The number of methoxy groups -OCH3 is 1. The topological polar surface area (TPSA) is 29.5 Å². The maximum absolute atomic E-state index is 10.4. The molecule has 1 aliphatic rings. The van der Waals surface area contributed by atoms with Gasteiger partial charge in [0.1, 0.15) is 5.75 Å². The lowest BCUT2D eigenvalue weighted by atomic mass is 9.77. The van der Waals surface area contributed by atoms with Gasteiger partial charge < -0.3 is 9.84 Å². The number of rotatable bonds is 2. The summed E-state index contributed by atoms with van der Waals surface area (Å²) in [7, 11) is 1.69. The highest BCUT2D eigenvalue weighted by Crippen LogP contribution is 2.38. The molecular weight excluding hydrogens is 236 g/mol. The molecule has 0 fully saturated rings. The molecule has 1 aliphatic carbocycles. The smallest absolute Gasteiger partial charge is 0.119 e. The molecule has 2 aromatic rings. The van der Waals surface area contributed by atoms with Crippen molar-refractivity contribution in [3.63, 3.8) is 0 Å². The number of hydrogen-bond acceptors (Lipinski definition) is 2. The largest absolute Gasteiger partial charge is 0.497 e. The van der Waals surface area contributed by atoms with Crippen LogP contribution in [0.15, 0.2) is 48.5 Å². The summed E-state index contributed by atoms with van der Waals surface area (Å²) in [5.74, 6) is 0.970. The summed E-state index contributed by atoms with van der Waals surface area (Å²) in [5.41, 5.74) is 3.70. The first kappa shape index (κ1) is 12.2. The van der Waals surface area contributed by atoms with E-state index in [1.54, 1.807) is 7.11 Å². The SMILES string of the molecule is COc1ccc2c(c1)CC[C@H](O)[C@H]2c1ccccc1. The van der Waals surface area contributed by atoms with Gasteiger partial charge in [0.05, 0.1) is 13.2 Å². The van der Waals surface area contributed by atoms with Crippen LogP contribution >= 0.6 is 0 Å². The Morgan fingerprint density at radius 3 is 2.63 bits per heavy atom. The molecule has 0 saturated carbocycles. The van der Waals surface area contributed by atoms with Crippen LogP contribution in [0.2, 0.25) is 0 Å². The van der Waals surface area contributed by atoms with Crippen molar-refractivity contribution in [2.24, 2.45) is 0 Å². The van der Waals surface area contributed by atoms with Crippen LogP contribution in [-0.2, 0) is 6.42 Å². The van der Waals surface area contributed by atoms with Crippen molar-refractivity contribution in [2.75, 3.05) is 7.11 Å². The van der Waals surface area contributed by atoms with E-state index in [1.807, 2.05) is 24.3 Å². The minimum atomic E-state index is -0.303. The van der Waals surface area contributed by atoms with E-state index in [1.165, 1.54) is 16.7 Å². The highest BCUT2D eigenvalue weighted by atomic mass is 16.5. The zero-order chi connectivity index (χ0) is 13.2. The van der Waals surface area contributed by atoms with E-state index in [-0.39, 0.29) is 12.0 Å². The van der Waals surface area contributed by atoms with Crippen LogP contribution in [0.1, 0.15) is 29.0 Å². The van der Waals surface area contributed by atoms with E-state index < -0.39 is 0 Å². The quantitative estimate of drug-likeness (QED) is 0.892. The van der Waals surface area contributed by atoms with Crippen LogP contribution in [0.3, 0.4) is 0 Å². The lowest BCUT2D eigenvalue weighted by molar-refractivity contribution is 0.139. The first-order chi connectivity index (χ1) is 9.29. The van der Waals surface area contributed by atoms with E-state index >= 15 is 0 Å². The van der Waals surface area contributed by atoms with Gasteiger partial charge in [0.15, 0.2) is 0 Å². The summed E-state index contributed by atoms with van der Waals surface area (Å²) in [4.78, 5) is 0. The van der Waals surface area contributed by atoms with E-state index in [2.05, 4.69) is 24.3 Å². The predicted molar refractivity (Wildman–Crippen MR) is 75.6 cm³/mol. The molecule has 0 bridgehead atoms. The summed E-state index contributed by atoms with van der Waals surface area (Å²) >= 11 is 0. The Morgan fingerprint density at radius 1 is 1.11 bits per heavy atom. The number of aliphatic hydroxyl groups excluding tert-OH is 1. The second-order valence-electron chi connectivity index (χ2n) is 5.06. The average Bonchev–Trinajstić information content (AvgIpc) is 2.47. The number of hydrogen-bond donors (Lipinski definition) is 1. The fraction of sp³-hybridized carbons (Fsp3) is 0.294. The van der Waals surface area contributed by atoms with E-state index in [4.69, 9.17) is 4.74 Å². The van der Waals surface area contributed by atoms with E-state index in [0.717, 1.165) is 18.6 Å². The summed E-state index contributed by atoms with van der Waals surface area (Å²) in [5, 5.41) is 10.4. The molecule has 98 valence electrons. The number of fused-ring (bicyclic) bond motifs is 1. The first-order valence-electron chi connectivity index (χ1n) is 6.69. The van der Waals surface area contributed by atoms with Crippen LogP contribution in [-0.4, -0.2) is 18.3 Å². The second kappa shape index (κ2) is 5.06. The van der Waals surface area contributed by atoms with Gasteiger partial charge in [-0.15, -0.1) is 0 Å². The fourth-order valence-corrected chi connectivity index (χ4v) is 2.97. The maximum Gasteiger partial charge on any atom is 0.119 e. The molecule has 19 heavy (non-hydrogen) atoms. The van der Waals surface area contributed by atoms with Crippen LogP contribution in [0.5, 0.6) is 5.75 Å². The Morgan fingerprint density at radius 2 is 1.89 bits per heavy atom. The van der Waals surface area contributed by atoms with Crippen LogP contribution in [0, 0.1) is 0 Å². The summed E-state index contributed by atoms with van der Waals surface area (Å²) < 4.78 is 5.29. The lowest BCUT2D eigenvalue weighted by Gasteiger charge is -2.31. The molecular formula is C17H18O2. The summed E-state index contributed by atoms with van der Waals surface area (Å²) in [6.45, 7) is 0. The molecule has 2 aromatic carbocycles. The van der Waals surface area contributed by atoms with Crippen molar-refractivity contribution in [3.8, 4) is 5.75 Å². The molecule has 0 aliphatic heterocycles. The van der Waals surface area contributed by atoms with Crippen LogP contribution in [0.25, 0.3) is 0 Å². The van der Waals surface area contributed by atoms with Crippen molar-refractivity contribution < 1.29 is 9.84 Å². The minimum absolute atomic E-state index is 0.0795. The number of aryl methyl sites for hydroxylation is 1. The monoisotopic (exact) mass is 254 g/mol. The van der Waals surface area contributed by atoms with Gasteiger partial charge in [-0.25, -0.2) is 0 Å². The van der Waals surface area contributed by atoms with Crippen molar-refractivity contribution in [2.45, 2.75) is 24.9 Å². The zero-order valence-electron chi connectivity index (χ0n) is 11.0. The summed E-state index contributed by atoms with van der Waals surface area (Å²) in [6, 6.07) is 16.4. The van der Waals surface area contributed by atoms with Gasteiger partial charge in [-0.1, -0.05) is 36.4 Å². The zero-order valence-corrected chi connectivity index (χ0v) is 11.0. The van der Waals surface area contributed by atoms with Crippen molar-refractivity contribution in [1.82, 2.24) is 0 Å². The van der Waals surface area contributed by atoms with Crippen molar-refractivity contribution >= 4 is 0 Å². The third kappa shape index (κ3) is 2.24. The molecule has 2 heteroatoms. The number of aliphatic hydroxyl groups is 1. The molecule has 3 rings (SSSR count). The first-order valence-corrected chi connectivity index (χ1v) is 6.69. The van der Waals surface area contributed by atoms with E-state index in [9.17, 15) is 5.11 Å². The second-order valence-corrected chi connectivity index (χ2v) is 5.06. The molecule has 0 aromatic heterocycles. The van der Waals surface area contributed by atoms with Gasteiger partial charge in [-0.3, -0.25) is 0 Å². The van der Waals surface area contributed by atoms with Crippen molar-refractivity contribution in [3.05, 3.63) is 65.2 Å². The van der Waals surface area contributed by atoms with Crippen molar-refractivity contribution in [1.29, 1.82) is 0 Å². The lowest BCUT2D eigenvalue weighted by Crippen LogP contribution is -2.26. The fourth-order valence-electron chi connectivity index (χ4n) is 2.97. The number of ether oxygens (including phenoxy) is 1. The van der Waals surface area contributed by atoms with Gasteiger partial charge in [0, 0.05) is 5.92 Å².